The van der Waals surface area contributed by atoms with Crippen LogP contribution in [0.4, 0.5) is 0 Å². The number of ether oxygens (including phenoxy) is 2. The molecule has 0 heterocycles. The lowest BCUT2D eigenvalue weighted by atomic mass is 9.75. The molecule has 0 saturated heterocycles. The van der Waals surface area contributed by atoms with E-state index in [9.17, 15) is 9.59 Å². The SMILES string of the molecule is CC(=O)OCC(=O)OC1CC(C)CCC1C(C)C. The Morgan fingerprint density at radius 1 is 1.28 bits per heavy atom. The fourth-order valence-electron chi connectivity index (χ4n) is 2.61. The van der Waals surface area contributed by atoms with Gasteiger partial charge in [-0.25, -0.2) is 4.79 Å². The number of carbonyl (C=O) groups is 2. The summed E-state index contributed by atoms with van der Waals surface area (Å²) in [5.41, 5.74) is 0. The zero-order valence-electron chi connectivity index (χ0n) is 11.8. The Bertz CT molecular complexity index is 298. The highest BCUT2D eigenvalue weighted by Gasteiger charge is 2.33. The Kier molecular flexibility index (Phi) is 5.63. The van der Waals surface area contributed by atoms with Crippen molar-refractivity contribution in [2.45, 2.75) is 53.1 Å². The lowest BCUT2D eigenvalue weighted by Crippen LogP contribution is -2.36. The summed E-state index contributed by atoms with van der Waals surface area (Å²) in [6.45, 7) is 7.52. The van der Waals surface area contributed by atoms with Crippen molar-refractivity contribution < 1.29 is 19.1 Å². The molecule has 104 valence electrons. The van der Waals surface area contributed by atoms with Crippen LogP contribution in [0.2, 0.25) is 0 Å². The molecule has 0 aromatic carbocycles. The number of carbonyl (C=O) groups excluding carboxylic acids is 2. The molecule has 0 aromatic rings. The monoisotopic (exact) mass is 256 g/mol. The zero-order valence-corrected chi connectivity index (χ0v) is 11.8. The summed E-state index contributed by atoms with van der Waals surface area (Å²) in [6, 6.07) is 0. The van der Waals surface area contributed by atoms with Crippen LogP contribution in [-0.2, 0) is 19.1 Å². The number of esters is 2. The molecule has 0 amide bonds. The summed E-state index contributed by atoms with van der Waals surface area (Å²) >= 11 is 0. The minimum absolute atomic E-state index is 0.0307. The van der Waals surface area contributed by atoms with Gasteiger partial charge in [0.25, 0.3) is 0 Å². The molecule has 3 atom stereocenters. The third kappa shape index (κ3) is 4.67. The van der Waals surface area contributed by atoms with Crippen LogP contribution in [-0.4, -0.2) is 24.6 Å². The van der Waals surface area contributed by atoms with Gasteiger partial charge in [-0.15, -0.1) is 0 Å². The van der Waals surface area contributed by atoms with Crippen LogP contribution >= 0.6 is 0 Å². The van der Waals surface area contributed by atoms with E-state index in [2.05, 4.69) is 25.5 Å². The molecule has 4 heteroatoms. The first-order chi connectivity index (χ1) is 8.40. The minimum Gasteiger partial charge on any atom is -0.460 e. The van der Waals surface area contributed by atoms with Crippen molar-refractivity contribution in [3.63, 3.8) is 0 Å². The molecule has 0 aliphatic heterocycles. The van der Waals surface area contributed by atoms with Crippen molar-refractivity contribution in [3.05, 3.63) is 0 Å². The molecule has 1 fully saturated rings. The summed E-state index contributed by atoms with van der Waals surface area (Å²) in [4.78, 5) is 22.2. The van der Waals surface area contributed by atoms with Crippen molar-refractivity contribution in [1.29, 1.82) is 0 Å². The molecule has 0 spiro atoms. The van der Waals surface area contributed by atoms with Gasteiger partial charge in [0.2, 0.25) is 0 Å². The van der Waals surface area contributed by atoms with Crippen LogP contribution in [0.3, 0.4) is 0 Å². The van der Waals surface area contributed by atoms with E-state index in [4.69, 9.17) is 4.74 Å². The normalized spacial score (nSPS) is 27.9. The van der Waals surface area contributed by atoms with Gasteiger partial charge in [0, 0.05) is 6.92 Å². The van der Waals surface area contributed by atoms with E-state index in [1.807, 2.05) is 0 Å². The van der Waals surface area contributed by atoms with Crippen molar-refractivity contribution in [3.8, 4) is 0 Å². The molecule has 0 bridgehead atoms. The van der Waals surface area contributed by atoms with Crippen LogP contribution in [0.1, 0.15) is 47.0 Å². The maximum Gasteiger partial charge on any atom is 0.344 e. The topological polar surface area (TPSA) is 52.6 Å². The maximum atomic E-state index is 11.6. The summed E-state index contributed by atoms with van der Waals surface area (Å²) in [5, 5.41) is 0. The van der Waals surface area contributed by atoms with Crippen LogP contribution < -0.4 is 0 Å². The minimum atomic E-state index is -0.454. The molecular weight excluding hydrogens is 232 g/mol. The van der Waals surface area contributed by atoms with Crippen LogP contribution in [0.25, 0.3) is 0 Å². The molecule has 1 rings (SSSR count). The molecule has 1 aliphatic carbocycles. The van der Waals surface area contributed by atoms with E-state index >= 15 is 0 Å². The molecule has 1 aliphatic rings. The molecule has 0 radical (unpaired) electrons. The molecule has 3 unspecified atom stereocenters. The Morgan fingerprint density at radius 3 is 2.50 bits per heavy atom. The highest BCUT2D eigenvalue weighted by molar-refractivity contribution is 5.75. The first-order valence-electron chi connectivity index (χ1n) is 6.73. The Balaban J connectivity index is 2.49. The van der Waals surface area contributed by atoms with Crippen molar-refractivity contribution in [2.24, 2.45) is 17.8 Å². The van der Waals surface area contributed by atoms with E-state index in [-0.39, 0.29) is 12.7 Å². The number of rotatable bonds is 4. The average Bonchev–Trinajstić information content (AvgIpc) is 2.26. The summed E-state index contributed by atoms with van der Waals surface area (Å²) in [6.07, 6.45) is 3.18. The van der Waals surface area contributed by atoms with E-state index in [0.717, 1.165) is 12.8 Å². The Labute approximate surface area is 109 Å². The van der Waals surface area contributed by atoms with E-state index in [1.165, 1.54) is 13.3 Å². The highest BCUT2D eigenvalue weighted by Crippen LogP contribution is 2.35. The molecule has 0 aromatic heterocycles. The van der Waals surface area contributed by atoms with E-state index in [1.54, 1.807) is 0 Å². The molecule has 1 saturated carbocycles. The van der Waals surface area contributed by atoms with Gasteiger partial charge >= 0.3 is 11.9 Å². The highest BCUT2D eigenvalue weighted by atomic mass is 16.6. The summed E-state index contributed by atoms with van der Waals surface area (Å²) in [5.74, 6) is 0.623. The maximum absolute atomic E-state index is 11.6. The fourth-order valence-corrected chi connectivity index (χ4v) is 2.61. The van der Waals surface area contributed by atoms with Crippen molar-refractivity contribution in [2.75, 3.05) is 6.61 Å². The Morgan fingerprint density at radius 2 is 1.94 bits per heavy atom. The second-order valence-corrected chi connectivity index (χ2v) is 5.63. The number of hydrogen-bond donors (Lipinski definition) is 0. The number of hydrogen-bond acceptors (Lipinski definition) is 4. The van der Waals surface area contributed by atoms with Crippen LogP contribution in [0, 0.1) is 17.8 Å². The predicted molar refractivity (Wildman–Crippen MR) is 67.9 cm³/mol. The second kappa shape index (κ2) is 6.76. The standard InChI is InChI=1S/C14H24O4/c1-9(2)12-6-5-10(3)7-13(12)18-14(16)8-17-11(4)15/h9-10,12-13H,5-8H2,1-4H3. The van der Waals surface area contributed by atoms with Crippen LogP contribution in [0.5, 0.6) is 0 Å². The predicted octanol–water partition coefficient (Wildman–Crippen LogP) is 2.55. The van der Waals surface area contributed by atoms with Gasteiger partial charge in [0.1, 0.15) is 6.10 Å². The van der Waals surface area contributed by atoms with Gasteiger partial charge < -0.3 is 9.47 Å². The first-order valence-corrected chi connectivity index (χ1v) is 6.73. The van der Waals surface area contributed by atoms with Gasteiger partial charge in [-0.3, -0.25) is 4.79 Å². The smallest absolute Gasteiger partial charge is 0.344 e. The lowest BCUT2D eigenvalue weighted by Gasteiger charge is -2.36. The van der Waals surface area contributed by atoms with Crippen LogP contribution in [0.15, 0.2) is 0 Å². The second-order valence-electron chi connectivity index (χ2n) is 5.63. The van der Waals surface area contributed by atoms with Crippen molar-refractivity contribution in [1.82, 2.24) is 0 Å². The third-order valence-corrected chi connectivity index (χ3v) is 3.64. The quantitative estimate of drug-likeness (QED) is 0.725. The van der Waals surface area contributed by atoms with Gasteiger partial charge in [0.05, 0.1) is 0 Å². The van der Waals surface area contributed by atoms with Crippen molar-refractivity contribution >= 4 is 11.9 Å². The molecular formula is C14H24O4. The summed E-state index contributed by atoms with van der Waals surface area (Å²) in [7, 11) is 0. The fraction of sp³-hybridized carbons (Fsp3) is 0.857. The van der Waals surface area contributed by atoms with E-state index < -0.39 is 11.9 Å². The average molecular weight is 256 g/mol. The molecule has 4 nitrogen and oxygen atoms in total. The van der Waals surface area contributed by atoms with Gasteiger partial charge in [-0.2, -0.15) is 0 Å². The summed E-state index contributed by atoms with van der Waals surface area (Å²) < 4.78 is 10.1. The third-order valence-electron chi connectivity index (χ3n) is 3.64. The van der Waals surface area contributed by atoms with Gasteiger partial charge in [-0.05, 0) is 30.6 Å². The molecule has 18 heavy (non-hydrogen) atoms. The Hall–Kier alpha value is -1.06. The van der Waals surface area contributed by atoms with Gasteiger partial charge in [0.15, 0.2) is 6.61 Å². The zero-order chi connectivity index (χ0) is 13.7. The first kappa shape index (κ1) is 15.0. The van der Waals surface area contributed by atoms with E-state index in [0.29, 0.717) is 17.8 Å². The van der Waals surface area contributed by atoms with Gasteiger partial charge in [-0.1, -0.05) is 27.2 Å². The lowest BCUT2D eigenvalue weighted by molar-refractivity contribution is -0.166. The molecule has 0 N–H and O–H groups in total. The largest absolute Gasteiger partial charge is 0.460 e.